The first-order valence-corrected chi connectivity index (χ1v) is 10.8. The van der Waals surface area contributed by atoms with Gasteiger partial charge in [0, 0.05) is 21.8 Å². The van der Waals surface area contributed by atoms with Crippen LogP contribution in [0.2, 0.25) is 15.1 Å². The van der Waals surface area contributed by atoms with E-state index in [4.69, 9.17) is 34.8 Å². The molecule has 3 aromatic rings. The first kappa shape index (κ1) is 24.3. The van der Waals surface area contributed by atoms with Crippen LogP contribution in [0, 0.1) is 17.6 Å². The predicted octanol–water partition coefficient (Wildman–Crippen LogP) is 7.16. The predicted molar refractivity (Wildman–Crippen MR) is 122 cm³/mol. The molecule has 1 aliphatic rings. The zero-order valence-corrected chi connectivity index (χ0v) is 19.1. The maximum atomic E-state index is 14.4. The van der Waals surface area contributed by atoms with Crippen molar-refractivity contribution in [1.29, 1.82) is 0 Å². The summed E-state index contributed by atoms with van der Waals surface area (Å²) in [5.41, 5.74) is -0.314. The lowest BCUT2D eigenvalue weighted by atomic mass is 10.1. The fourth-order valence-electron chi connectivity index (χ4n) is 3.60. The van der Waals surface area contributed by atoms with Gasteiger partial charge >= 0.3 is 0 Å². The number of carbonyl (C=O) groups is 2. The molecule has 2 amide bonds. The van der Waals surface area contributed by atoms with Crippen molar-refractivity contribution in [3.63, 3.8) is 0 Å². The second kappa shape index (κ2) is 9.09. The zero-order valence-electron chi connectivity index (χ0n) is 16.8. The van der Waals surface area contributed by atoms with E-state index in [0.717, 1.165) is 18.2 Å². The van der Waals surface area contributed by atoms with Crippen LogP contribution in [0.5, 0.6) is 0 Å². The summed E-state index contributed by atoms with van der Waals surface area (Å²) in [5, 5.41) is 4.87. The molecule has 11 heteroatoms. The summed E-state index contributed by atoms with van der Waals surface area (Å²) < 4.78 is 55.8. The highest BCUT2D eigenvalue weighted by atomic mass is 35.5. The number of benzene rings is 3. The summed E-state index contributed by atoms with van der Waals surface area (Å²) in [6.45, 7) is 0. The van der Waals surface area contributed by atoms with Crippen molar-refractivity contribution in [2.75, 3.05) is 10.6 Å². The molecular formula is C23H13Cl3F4N2O2. The minimum Gasteiger partial charge on any atom is -0.326 e. The molecule has 0 saturated heterocycles. The molecule has 1 aliphatic carbocycles. The third kappa shape index (κ3) is 4.85. The van der Waals surface area contributed by atoms with Crippen LogP contribution in [0.3, 0.4) is 0 Å². The molecule has 0 unspecified atom stereocenters. The van der Waals surface area contributed by atoms with Gasteiger partial charge in [-0.05, 0) is 54.1 Å². The molecule has 0 radical (unpaired) electrons. The SMILES string of the molecule is O=C(Nc1ccc(F)cc1F)c1cc(NC(=O)[C@H]2[C@H](c3cc(Cl)cc(Cl)c3)C2(F)F)ccc1Cl. The smallest absolute Gasteiger partial charge is 0.268 e. The first-order chi connectivity index (χ1) is 16.0. The summed E-state index contributed by atoms with van der Waals surface area (Å²) in [6.07, 6.45) is 0. The minimum absolute atomic E-state index is 0.0182. The van der Waals surface area contributed by atoms with Gasteiger partial charge in [0.05, 0.1) is 22.2 Å². The Balaban J connectivity index is 1.52. The molecular weight excluding hydrogens is 519 g/mol. The van der Waals surface area contributed by atoms with Crippen molar-refractivity contribution in [2.45, 2.75) is 11.8 Å². The molecule has 2 N–H and O–H groups in total. The Morgan fingerprint density at radius 1 is 0.853 bits per heavy atom. The van der Waals surface area contributed by atoms with Gasteiger partial charge in [-0.1, -0.05) is 34.8 Å². The number of alkyl halides is 2. The van der Waals surface area contributed by atoms with Crippen LogP contribution < -0.4 is 10.6 Å². The Labute approximate surface area is 205 Å². The number of carbonyl (C=O) groups excluding carboxylic acids is 2. The highest BCUT2D eigenvalue weighted by Crippen LogP contribution is 2.62. The molecule has 1 saturated carbocycles. The van der Waals surface area contributed by atoms with Gasteiger partial charge in [-0.2, -0.15) is 0 Å². The Bertz CT molecular complexity index is 1300. The monoisotopic (exact) mass is 530 g/mol. The Morgan fingerprint density at radius 2 is 1.53 bits per heavy atom. The molecule has 4 nitrogen and oxygen atoms in total. The van der Waals surface area contributed by atoms with E-state index in [-0.39, 0.29) is 37.6 Å². The van der Waals surface area contributed by atoms with E-state index in [1.54, 1.807) is 0 Å². The standard InChI is InChI=1S/C23H13Cl3F4N2O2/c24-11-5-10(6-12(25)7-11)19-20(23(19,29)30)22(34)31-14-2-3-16(26)15(9-14)21(33)32-18-4-1-13(27)8-17(18)28/h1-9,19-20H,(H,31,34)(H,32,33)/t19-,20+/m0/s1. The largest absolute Gasteiger partial charge is 0.326 e. The maximum absolute atomic E-state index is 14.4. The quantitative estimate of drug-likeness (QED) is 0.343. The van der Waals surface area contributed by atoms with Crippen LogP contribution in [0.25, 0.3) is 0 Å². The minimum atomic E-state index is -3.33. The highest BCUT2D eigenvalue weighted by Gasteiger charge is 2.72. The van der Waals surface area contributed by atoms with Gasteiger partial charge in [-0.15, -0.1) is 0 Å². The van der Waals surface area contributed by atoms with Crippen LogP contribution >= 0.6 is 34.8 Å². The van der Waals surface area contributed by atoms with Crippen LogP contribution in [-0.2, 0) is 4.79 Å². The summed E-state index contributed by atoms with van der Waals surface area (Å²) >= 11 is 17.8. The number of amides is 2. The molecule has 3 aromatic carbocycles. The third-order valence-electron chi connectivity index (χ3n) is 5.24. The van der Waals surface area contributed by atoms with Crippen molar-refractivity contribution in [3.05, 3.63) is 92.4 Å². The van der Waals surface area contributed by atoms with Crippen molar-refractivity contribution >= 4 is 58.0 Å². The van der Waals surface area contributed by atoms with Gasteiger partial charge in [-0.3, -0.25) is 9.59 Å². The molecule has 1 fully saturated rings. The van der Waals surface area contributed by atoms with Crippen molar-refractivity contribution in [2.24, 2.45) is 5.92 Å². The van der Waals surface area contributed by atoms with Gasteiger partial charge in [0.2, 0.25) is 5.91 Å². The Kier molecular flexibility index (Phi) is 6.50. The van der Waals surface area contributed by atoms with Gasteiger partial charge < -0.3 is 10.6 Å². The number of nitrogens with one attached hydrogen (secondary N) is 2. The number of hydrogen-bond donors (Lipinski definition) is 2. The average Bonchev–Trinajstić information content (AvgIpc) is 3.33. The summed E-state index contributed by atoms with van der Waals surface area (Å²) in [4.78, 5) is 25.1. The van der Waals surface area contributed by atoms with E-state index in [0.29, 0.717) is 6.07 Å². The summed E-state index contributed by atoms with van der Waals surface area (Å²) in [6, 6.07) is 10.3. The molecule has 4 rings (SSSR count). The van der Waals surface area contributed by atoms with Gasteiger partial charge in [-0.25, -0.2) is 17.6 Å². The fourth-order valence-corrected chi connectivity index (χ4v) is 4.35. The van der Waals surface area contributed by atoms with Crippen LogP contribution in [0.4, 0.5) is 28.9 Å². The van der Waals surface area contributed by atoms with Crippen molar-refractivity contribution < 1.29 is 27.2 Å². The number of hydrogen-bond acceptors (Lipinski definition) is 2. The Hall–Kier alpha value is -2.81. The zero-order chi connectivity index (χ0) is 24.8. The molecule has 2 atom stereocenters. The first-order valence-electron chi connectivity index (χ1n) is 9.68. The molecule has 176 valence electrons. The molecule has 0 spiro atoms. The van der Waals surface area contributed by atoms with Crippen molar-refractivity contribution in [3.8, 4) is 0 Å². The lowest BCUT2D eigenvalue weighted by Crippen LogP contribution is -2.19. The van der Waals surface area contributed by atoms with Crippen LogP contribution in [-0.4, -0.2) is 17.7 Å². The highest BCUT2D eigenvalue weighted by molar-refractivity contribution is 6.35. The van der Waals surface area contributed by atoms with Gasteiger partial charge in [0.25, 0.3) is 11.8 Å². The average molecular weight is 532 g/mol. The van der Waals surface area contributed by atoms with E-state index in [9.17, 15) is 27.2 Å². The molecule has 0 bridgehead atoms. The molecule has 0 aromatic heterocycles. The second-order valence-corrected chi connectivity index (χ2v) is 8.87. The van der Waals surface area contributed by atoms with Crippen LogP contribution in [0.15, 0.2) is 54.6 Å². The summed E-state index contributed by atoms with van der Waals surface area (Å²) in [7, 11) is 0. The van der Waals surface area contributed by atoms with E-state index < -0.39 is 41.2 Å². The normalized spacial score (nSPS) is 18.3. The molecule has 34 heavy (non-hydrogen) atoms. The van der Waals surface area contributed by atoms with Crippen molar-refractivity contribution in [1.82, 2.24) is 0 Å². The number of rotatable bonds is 5. The second-order valence-electron chi connectivity index (χ2n) is 7.59. The van der Waals surface area contributed by atoms with Gasteiger partial charge in [0.15, 0.2) is 0 Å². The van der Waals surface area contributed by atoms with Gasteiger partial charge in [0.1, 0.15) is 17.6 Å². The third-order valence-corrected chi connectivity index (χ3v) is 6.00. The fraction of sp³-hybridized carbons (Fsp3) is 0.130. The number of anilines is 2. The maximum Gasteiger partial charge on any atom is 0.268 e. The summed E-state index contributed by atoms with van der Waals surface area (Å²) in [5.74, 6) is -10.1. The number of halogens is 7. The molecule has 0 aliphatic heterocycles. The van der Waals surface area contributed by atoms with E-state index in [1.165, 1.54) is 30.3 Å². The van der Waals surface area contributed by atoms with E-state index in [2.05, 4.69) is 10.6 Å². The molecule has 0 heterocycles. The lowest BCUT2D eigenvalue weighted by molar-refractivity contribution is -0.119. The van der Waals surface area contributed by atoms with E-state index in [1.807, 2.05) is 0 Å². The van der Waals surface area contributed by atoms with E-state index >= 15 is 0 Å². The topological polar surface area (TPSA) is 58.2 Å². The van der Waals surface area contributed by atoms with Crippen LogP contribution in [0.1, 0.15) is 21.8 Å². The Morgan fingerprint density at radius 3 is 2.18 bits per heavy atom. The lowest BCUT2D eigenvalue weighted by Gasteiger charge is -2.11.